The van der Waals surface area contributed by atoms with E-state index < -0.39 is 0 Å². The van der Waals surface area contributed by atoms with Crippen LogP contribution in [0.3, 0.4) is 0 Å². The van der Waals surface area contributed by atoms with Gasteiger partial charge in [0.15, 0.2) is 5.17 Å². The molecule has 1 aromatic heterocycles. The molecule has 0 saturated heterocycles. The fraction of sp³-hybridized carbons (Fsp3) is 0.714. The Balaban J connectivity index is 1.85. The zero-order chi connectivity index (χ0) is 13.7. The monoisotopic (exact) mass is 280 g/mol. The first-order valence-corrected chi connectivity index (χ1v) is 8.05. The molecule has 1 aromatic rings. The van der Waals surface area contributed by atoms with E-state index in [4.69, 9.17) is 4.99 Å². The van der Waals surface area contributed by atoms with Crippen LogP contribution in [0.15, 0.2) is 23.7 Å². The Morgan fingerprint density at radius 1 is 1.47 bits per heavy atom. The zero-order valence-electron chi connectivity index (χ0n) is 12.1. The number of hydrogen-bond donors (Lipinski definition) is 1. The van der Waals surface area contributed by atoms with E-state index in [1.54, 1.807) is 0 Å². The highest BCUT2D eigenvalue weighted by atomic mass is 32.2. The molecular formula is C14H24N4S. The minimum Gasteiger partial charge on any atom is -0.361 e. The van der Waals surface area contributed by atoms with E-state index in [2.05, 4.69) is 35.6 Å². The van der Waals surface area contributed by atoms with Gasteiger partial charge in [-0.05, 0) is 25.2 Å². The molecule has 19 heavy (non-hydrogen) atoms. The predicted octanol–water partition coefficient (Wildman–Crippen LogP) is 2.77. The number of nitrogens with zero attached hydrogens (tertiary/aromatic N) is 3. The second-order valence-electron chi connectivity index (χ2n) is 5.42. The number of rotatable bonds is 5. The molecule has 0 radical (unpaired) electrons. The van der Waals surface area contributed by atoms with Gasteiger partial charge in [0.25, 0.3) is 0 Å². The fourth-order valence-electron chi connectivity index (χ4n) is 2.28. The summed E-state index contributed by atoms with van der Waals surface area (Å²) in [5.41, 5.74) is 0.420. The van der Waals surface area contributed by atoms with Crippen molar-refractivity contribution in [2.45, 2.75) is 46.2 Å². The number of aliphatic imine (C=N–C) groups is 1. The number of hydrogen-bond acceptors (Lipinski definition) is 4. The molecule has 106 valence electrons. The van der Waals surface area contributed by atoms with Crippen LogP contribution in [-0.2, 0) is 6.54 Å². The van der Waals surface area contributed by atoms with E-state index in [0.29, 0.717) is 11.5 Å². The standard InChI is InChI=1S/C14H24N4S/c1-4-14(5-2)9-16-13(19-10-14)17-12(3)8-18-7-6-15-11-18/h6-7,11-12H,4-5,8-10H2,1-3H3,(H,16,17). The summed E-state index contributed by atoms with van der Waals surface area (Å²) in [6, 6.07) is 0.371. The first-order valence-electron chi connectivity index (χ1n) is 7.07. The Morgan fingerprint density at radius 2 is 2.26 bits per heavy atom. The molecule has 4 nitrogen and oxygen atoms in total. The van der Waals surface area contributed by atoms with Gasteiger partial charge in [-0.15, -0.1) is 0 Å². The summed E-state index contributed by atoms with van der Waals surface area (Å²) in [4.78, 5) is 8.80. The molecule has 0 aromatic carbocycles. The third-order valence-electron chi connectivity index (χ3n) is 3.99. The van der Waals surface area contributed by atoms with E-state index in [0.717, 1.165) is 18.3 Å². The first-order chi connectivity index (χ1) is 9.17. The van der Waals surface area contributed by atoms with E-state index in [-0.39, 0.29) is 0 Å². The van der Waals surface area contributed by atoms with Gasteiger partial charge in [-0.25, -0.2) is 4.98 Å². The van der Waals surface area contributed by atoms with Gasteiger partial charge in [-0.1, -0.05) is 25.6 Å². The molecule has 0 aliphatic carbocycles. The normalized spacial score (nSPS) is 19.8. The van der Waals surface area contributed by atoms with Crippen molar-refractivity contribution >= 4 is 16.9 Å². The van der Waals surface area contributed by atoms with Crippen LogP contribution >= 0.6 is 11.8 Å². The zero-order valence-corrected chi connectivity index (χ0v) is 12.9. The van der Waals surface area contributed by atoms with Gasteiger partial charge in [0.1, 0.15) is 0 Å². The Kier molecular flexibility index (Phi) is 4.91. The molecule has 1 aliphatic rings. The van der Waals surface area contributed by atoms with Crippen molar-refractivity contribution in [1.82, 2.24) is 14.9 Å². The molecule has 0 saturated carbocycles. The molecule has 1 N–H and O–H groups in total. The van der Waals surface area contributed by atoms with Crippen LogP contribution < -0.4 is 5.32 Å². The highest BCUT2D eigenvalue weighted by Crippen LogP contribution is 2.34. The van der Waals surface area contributed by atoms with E-state index in [9.17, 15) is 0 Å². The third kappa shape index (κ3) is 3.75. The highest BCUT2D eigenvalue weighted by molar-refractivity contribution is 8.13. The maximum Gasteiger partial charge on any atom is 0.156 e. The Bertz CT molecular complexity index is 409. The minimum atomic E-state index is 0.371. The van der Waals surface area contributed by atoms with E-state index in [1.807, 2.05) is 30.5 Å². The Hall–Kier alpha value is -0.970. The Morgan fingerprint density at radius 3 is 2.79 bits per heavy atom. The highest BCUT2D eigenvalue weighted by Gasteiger charge is 2.30. The van der Waals surface area contributed by atoms with Gasteiger partial charge in [-0.2, -0.15) is 0 Å². The molecule has 0 fully saturated rings. The van der Waals surface area contributed by atoms with E-state index >= 15 is 0 Å². The quantitative estimate of drug-likeness (QED) is 0.902. The van der Waals surface area contributed by atoms with Crippen LogP contribution in [0.5, 0.6) is 0 Å². The van der Waals surface area contributed by atoms with Gasteiger partial charge < -0.3 is 9.88 Å². The Labute approximate surface area is 120 Å². The molecule has 1 unspecified atom stereocenters. The second kappa shape index (κ2) is 6.46. The van der Waals surface area contributed by atoms with Gasteiger partial charge in [0.05, 0.1) is 6.33 Å². The molecule has 0 bridgehead atoms. The number of imidazole rings is 1. The average molecular weight is 280 g/mol. The second-order valence-corrected chi connectivity index (χ2v) is 6.39. The molecule has 0 spiro atoms. The SMILES string of the molecule is CCC1(CC)CN=C(NC(C)Cn2ccnc2)SC1. The van der Waals surface area contributed by atoms with Crippen molar-refractivity contribution in [1.29, 1.82) is 0 Å². The third-order valence-corrected chi connectivity index (χ3v) is 5.26. The summed E-state index contributed by atoms with van der Waals surface area (Å²) in [7, 11) is 0. The largest absolute Gasteiger partial charge is 0.361 e. The average Bonchev–Trinajstić information content (AvgIpc) is 2.93. The molecule has 2 heterocycles. The van der Waals surface area contributed by atoms with Gasteiger partial charge in [0, 0.05) is 37.3 Å². The van der Waals surface area contributed by atoms with Crippen molar-refractivity contribution < 1.29 is 0 Å². The van der Waals surface area contributed by atoms with Crippen LogP contribution in [-0.4, -0.2) is 33.1 Å². The minimum absolute atomic E-state index is 0.371. The van der Waals surface area contributed by atoms with Crippen molar-refractivity contribution in [2.75, 3.05) is 12.3 Å². The number of amidine groups is 1. The summed E-state index contributed by atoms with van der Waals surface area (Å²) in [5.74, 6) is 1.18. The summed E-state index contributed by atoms with van der Waals surface area (Å²) in [6.45, 7) is 8.63. The number of nitrogens with one attached hydrogen (secondary N) is 1. The smallest absolute Gasteiger partial charge is 0.156 e. The van der Waals surface area contributed by atoms with Crippen LogP contribution in [0.2, 0.25) is 0 Å². The van der Waals surface area contributed by atoms with Crippen molar-refractivity contribution in [3.63, 3.8) is 0 Å². The summed E-state index contributed by atoms with van der Waals surface area (Å²) in [5, 5.41) is 4.61. The lowest BCUT2D eigenvalue weighted by Crippen LogP contribution is -2.39. The number of thioether (sulfide) groups is 1. The maximum atomic E-state index is 4.74. The summed E-state index contributed by atoms with van der Waals surface area (Å²) < 4.78 is 2.09. The molecule has 1 atom stereocenters. The molecule has 5 heteroatoms. The first kappa shape index (κ1) is 14.4. The molecular weight excluding hydrogens is 256 g/mol. The van der Waals surface area contributed by atoms with Gasteiger partial charge in [-0.3, -0.25) is 4.99 Å². The van der Waals surface area contributed by atoms with Crippen molar-refractivity contribution in [3.8, 4) is 0 Å². The van der Waals surface area contributed by atoms with Crippen LogP contribution in [0.25, 0.3) is 0 Å². The van der Waals surface area contributed by atoms with Gasteiger partial charge in [0.2, 0.25) is 0 Å². The topological polar surface area (TPSA) is 42.2 Å². The van der Waals surface area contributed by atoms with Gasteiger partial charge >= 0.3 is 0 Å². The lowest BCUT2D eigenvalue weighted by atomic mass is 9.84. The summed E-state index contributed by atoms with van der Waals surface area (Å²) in [6.07, 6.45) is 8.10. The maximum absolute atomic E-state index is 4.74. The fourth-order valence-corrected chi connectivity index (χ4v) is 3.67. The van der Waals surface area contributed by atoms with Crippen molar-refractivity contribution in [3.05, 3.63) is 18.7 Å². The van der Waals surface area contributed by atoms with Crippen LogP contribution in [0.4, 0.5) is 0 Å². The molecule has 1 aliphatic heterocycles. The van der Waals surface area contributed by atoms with Crippen molar-refractivity contribution in [2.24, 2.45) is 10.4 Å². The van der Waals surface area contributed by atoms with E-state index in [1.165, 1.54) is 18.6 Å². The number of aromatic nitrogens is 2. The lowest BCUT2D eigenvalue weighted by Gasteiger charge is -2.34. The predicted molar refractivity (Wildman–Crippen MR) is 82.6 cm³/mol. The summed E-state index contributed by atoms with van der Waals surface area (Å²) >= 11 is 1.87. The lowest BCUT2D eigenvalue weighted by molar-refractivity contribution is 0.318. The van der Waals surface area contributed by atoms with Crippen LogP contribution in [0.1, 0.15) is 33.6 Å². The molecule has 0 amide bonds. The van der Waals surface area contributed by atoms with Crippen LogP contribution in [0, 0.1) is 5.41 Å². The molecule has 2 rings (SSSR count).